The first kappa shape index (κ1) is 15.0. The van der Waals surface area contributed by atoms with Gasteiger partial charge in [-0.05, 0) is 49.2 Å². The molecule has 0 aliphatic heterocycles. The third-order valence-corrected chi connectivity index (χ3v) is 3.32. The fourth-order valence-corrected chi connectivity index (χ4v) is 2.28. The quantitative estimate of drug-likeness (QED) is 0.856. The summed E-state index contributed by atoms with van der Waals surface area (Å²) >= 11 is 0. The van der Waals surface area contributed by atoms with E-state index >= 15 is 0 Å². The summed E-state index contributed by atoms with van der Waals surface area (Å²) in [6, 6.07) is 13.6. The summed E-state index contributed by atoms with van der Waals surface area (Å²) in [5, 5.41) is 0. The molecule has 1 amide bonds. The molecule has 0 spiro atoms. The van der Waals surface area contributed by atoms with E-state index in [9.17, 15) is 9.18 Å². The molecule has 0 aliphatic rings. The molecular formula is C17H19FN2O. The maximum atomic E-state index is 13.3. The zero-order chi connectivity index (χ0) is 15.2. The zero-order valence-corrected chi connectivity index (χ0v) is 12.1. The standard InChI is InChI=1S/C17H19FN2O/c1-2-20(16-8-4-6-14(18)12-16)17(21)10-9-13-5-3-7-15(19)11-13/h3-8,11-12H,2,9-10,19H2,1H3. The van der Waals surface area contributed by atoms with Crippen LogP contribution in [0.15, 0.2) is 48.5 Å². The minimum absolute atomic E-state index is 0.0227. The topological polar surface area (TPSA) is 46.3 Å². The van der Waals surface area contributed by atoms with E-state index in [1.54, 1.807) is 17.0 Å². The molecule has 0 aliphatic carbocycles. The first-order chi connectivity index (χ1) is 10.1. The molecule has 0 saturated heterocycles. The number of hydrogen-bond donors (Lipinski definition) is 1. The van der Waals surface area contributed by atoms with Crippen molar-refractivity contribution in [3.8, 4) is 0 Å². The third kappa shape index (κ3) is 4.05. The summed E-state index contributed by atoms with van der Waals surface area (Å²) in [5.41, 5.74) is 8.03. The van der Waals surface area contributed by atoms with Gasteiger partial charge in [-0.25, -0.2) is 4.39 Å². The summed E-state index contributed by atoms with van der Waals surface area (Å²) in [7, 11) is 0. The van der Waals surface area contributed by atoms with Gasteiger partial charge in [-0.1, -0.05) is 18.2 Å². The van der Waals surface area contributed by atoms with Crippen molar-refractivity contribution in [2.24, 2.45) is 0 Å². The summed E-state index contributed by atoms with van der Waals surface area (Å²) in [6.07, 6.45) is 0.990. The number of amides is 1. The fourth-order valence-electron chi connectivity index (χ4n) is 2.28. The molecule has 0 heterocycles. The number of rotatable bonds is 5. The van der Waals surface area contributed by atoms with Crippen LogP contribution in [0.25, 0.3) is 0 Å². The van der Waals surface area contributed by atoms with Crippen LogP contribution in [0.5, 0.6) is 0 Å². The van der Waals surface area contributed by atoms with E-state index in [1.807, 2.05) is 31.2 Å². The van der Waals surface area contributed by atoms with Crippen LogP contribution in [0.1, 0.15) is 18.9 Å². The molecule has 0 radical (unpaired) electrons. The number of anilines is 2. The highest BCUT2D eigenvalue weighted by Gasteiger charge is 2.14. The highest BCUT2D eigenvalue weighted by molar-refractivity contribution is 5.93. The molecule has 2 aromatic rings. The van der Waals surface area contributed by atoms with Crippen LogP contribution in [0.4, 0.5) is 15.8 Å². The van der Waals surface area contributed by atoms with Gasteiger partial charge in [0.05, 0.1) is 0 Å². The Hall–Kier alpha value is -2.36. The van der Waals surface area contributed by atoms with Gasteiger partial charge in [-0.3, -0.25) is 4.79 Å². The average Bonchev–Trinajstić information content (AvgIpc) is 2.46. The van der Waals surface area contributed by atoms with Crippen molar-refractivity contribution in [1.29, 1.82) is 0 Å². The highest BCUT2D eigenvalue weighted by atomic mass is 19.1. The molecule has 0 bridgehead atoms. The van der Waals surface area contributed by atoms with Crippen molar-refractivity contribution in [2.45, 2.75) is 19.8 Å². The SMILES string of the molecule is CCN(C(=O)CCc1cccc(N)c1)c1cccc(F)c1. The number of hydrogen-bond acceptors (Lipinski definition) is 2. The molecule has 0 atom stereocenters. The Morgan fingerprint density at radius 1 is 1.19 bits per heavy atom. The van der Waals surface area contributed by atoms with Gasteiger partial charge < -0.3 is 10.6 Å². The van der Waals surface area contributed by atoms with Crippen molar-refractivity contribution in [2.75, 3.05) is 17.2 Å². The largest absolute Gasteiger partial charge is 0.399 e. The lowest BCUT2D eigenvalue weighted by Gasteiger charge is -2.21. The lowest BCUT2D eigenvalue weighted by atomic mass is 10.1. The Balaban J connectivity index is 2.04. The van der Waals surface area contributed by atoms with Crippen molar-refractivity contribution < 1.29 is 9.18 Å². The van der Waals surface area contributed by atoms with Crippen molar-refractivity contribution in [3.05, 3.63) is 59.9 Å². The number of carbonyl (C=O) groups is 1. The smallest absolute Gasteiger partial charge is 0.227 e. The minimum atomic E-state index is -0.338. The van der Waals surface area contributed by atoms with E-state index in [2.05, 4.69) is 0 Å². The maximum absolute atomic E-state index is 13.3. The van der Waals surface area contributed by atoms with Crippen molar-refractivity contribution in [3.63, 3.8) is 0 Å². The molecule has 0 unspecified atom stereocenters. The molecule has 21 heavy (non-hydrogen) atoms. The Morgan fingerprint density at radius 3 is 2.62 bits per heavy atom. The van der Waals surface area contributed by atoms with Gasteiger partial charge in [0, 0.05) is 24.3 Å². The molecule has 2 N–H and O–H groups in total. The van der Waals surface area contributed by atoms with Gasteiger partial charge in [0.15, 0.2) is 0 Å². The Labute approximate surface area is 124 Å². The van der Waals surface area contributed by atoms with E-state index in [-0.39, 0.29) is 11.7 Å². The van der Waals surface area contributed by atoms with Gasteiger partial charge >= 0.3 is 0 Å². The van der Waals surface area contributed by atoms with Crippen LogP contribution in [-0.4, -0.2) is 12.5 Å². The second kappa shape index (κ2) is 6.88. The monoisotopic (exact) mass is 286 g/mol. The number of nitrogens with two attached hydrogens (primary N) is 1. The Bertz CT molecular complexity index is 628. The highest BCUT2D eigenvalue weighted by Crippen LogP contribution is 2.17. The lowest BCUT2D eigenvalue weighted by molar-refractivity contribution is -0.118. The predicted molar refractivity (Wildman–Crippen MR) is 83.6 cm³/mol. The second-order valence-electron chi connectivity index (χ2n) is 4.86. The minimum Gasteiger partial charge on any atom is -0.399 e. The summed E-state index contributed by atoms with van der Waals surface area (Å²) < 4.78 is 13.3. The average molecular weight is 286 g/mol. The number of nitrogen functional groups attached to an aromatic ring is 1. The van der Waals surface area contributed by atoms with Crippen molar-refractivity contribution in [1.82, 2.24) is 0 Å². The molecular weight excluding hydrogens is 267 g/mol. The number of nitrogens with zero attached hydrogens (tertiary/aromatic N) is 1. The zero-order valence-electron chi connectivity index (χ0n) is 12.1. The van der Waals surface area contributed by atoms with Gasteiger partial charge in [0.2, 0.25) is 5.91 Å². The Kier molecular flexibility index (Phi) is 4.93. The molecule has 2 aromatic carbocycles. The van der Waals surface area contributed by atoms with Crippen LogP contribution >= 0.6 is 0 Å². The van der Waals surface area contributed by atoms with Crippen LogP contribution in [0, 0.1) is 5.82 Å². The van der Waals surface area contributed by atoms with Gasteiger partial charge in [-0.15, -0.1) is 0 Å². The van der Waals surface area contributed by atoms with Crippen LogP contribution < -0.4 is 10.6 Å². The molecule has 4 heteroatoms. The molecule has 110 valence electrons. The van der Waals surface area contributed by atoms with Gasteiger partial charge in [0.1, 0.15) is 5.82 Å². The molecule has 0 fully saturated rings. The number of halogens is 1. The predicted octanol–water partition coefficient (Wildman–Crippen LogP) is 3.39. The molecule has 2 rings (SSSR count). The van der Waals surface area contributed by atoms with Gasteiger partial charge in [0.25, 0.3) is 0 Å². The fraction of sp³-hybridized carbons (Fsp3) is 0.235. The summed E-state index contributed by atoms with van der Waals surface area (Å²) in [6.45, 7) is 2.39. The van der Waals surface area contributed by atoms with Crippen molar-refractivity contribution >= 4 is 17.3 Å². The third-order valence-electron chi connectivity index (χ3n) is 3.32. The van der Waals surface area contributed by atoms with Crippen LogP contribution in [0.2, 0.25) is 0 Å². The molecule has 0 aromatic heterocycles. The van der Waals surface area contributed by atoms with Crippen LogP contribution in [-0.2, 0) is 11.2 Å². The normalized spacial score (nSPS) is 10.4. The lowest BCUT2D eigenvalue weighted by Crippen LogP contribution is -2.30. The van der Waals surface area contributed by atoms with E-state index in [1.165, 1.54) is 12.1 Å². The second-order valence-corrected chi connectivity index (χ2v) is 4.86. The van der Waals surface area contributed by atoms with E-state index in [4.69, 9.17) is 5.73 Å². The van der Waals surface area contributed by atoms with E-state index in [0.29, 0.717) is 30.8 Å². The summed E-state index contributed by atoms with van der Waals surface area (Å²) in [4.78, 5) is 13.9. The number of carbonyl (C=O) groups excluding carboxylic acids is 1. The molecule has 3 nitrogen and oxygen atoms in total. The summed E-state index contributed by atoms with van der Waals surface area (Å²) in [5.74, 6) is -0.361. The Morgan fingerprint density at radius 2 is 1.95 bits per heavy atom. The van der Waals surface area contributed by atoms with Gasteiger partial charge in [-0.2, -0.15) is 0 Å². The number of aryl methyl sites for hydroxylation is 1. The van der Waals surface area contributed by atoms with E-state index in [0.717, 1.165) is 5.56 Å². The van der Waals surface area contributed by atoms with Crippen LogP contribution in [0.3, 0.4) is 0 Å². The maximum Gasteiger partial charge on any atom is 0.227 e. The number of benzene rings is 2. The van der Waals surface area contributed by atoms with E-state index < -0.39 is 0 Å². The first-order valence-corrected chi connectivity index (χ1v) is 7.00. The first-order valence-electron chi connectivity index (χ1n) is 7.00. The molecule has 0 saturated carbocycles.